The minimum atomic E-state index is -5.08. The Morgan fingerprint density at radius 1 is 1.07 bits per heavy atom. The highest BCUT2D eigenvalue weighted by Crippen LogP contribution is 2.39. The predicted molar refractivity (Wildman–Crippen MR) is 94.4 cm³/mol. The van der Waals surface area contributed by atoms with Crippen molar-refractivity contribution in [2.24, 2.45) is 0 Å². The van der Waals surface area contributed by atoms with Crippen molar-refractivity contribution < 1.29 is 36.3 Å². The van der Waals surface area contributed by atoms with E-state index in [1.54, 1.807) is 28.7 Å². The quantitative estimate of drug-likeness (QED) is 0.771. The molecule has 1 amide bonds. The predicted octanol–water partition coefficient (Wildman–Crippen LogP) is 1.50. The minimum absolute atomic E-state index is 0.00281. The first-order valence-electron chi connectivity index (χ1n) is 9.06. The van der Waals surface area contributed by atoms with E-state index in [1.807, 2.05) is 4.90 Å². The fourth-order valence-electron chi connectivity index (χ4n) is 3.71. The number of halogens is 3. The van der Waals surface area contributed by atoms with Gasteiger partial charge >= 0.3 is 12.1 Å². The van der Waals surface area contributed by atoms with E-state index in [4.69, 9.17) is 9.90 Å². The Kier molecular flexibility index (Phi) is 5.86. The molecule has 4 rings (SSSR count). The van der Waals surface area contributed by atoms with Gasteiger partial charge in [0.05, 0.1) is 11.3 Å². The van der Waals surface area contributed by atoms with Gasteiger partial charge in [-0.3, -0.25) is 9.78 Å². The molecule has 1 aromatic rings. The molecule has 8 nitrogen and oxygen atoms in total. The molecule has 2 saturated heterocycles. The number of carbonyl (C=O) groups excluding carboxylic acids is 1. The Hall–Kier alpha value is -2.21. The standard InChI is InChI=1S/C15H19N3O3S.C2HF3O2/c19-15(12-3-1-2-8-16-12)17-9-6-14-13(17)7-10-18(14)22(20,21)11-4-5-11;3-2(4,5)1(6)7/h1-3,8,11,13-14H,4-7,9-10H2;(H,6,7)/t13-,14+;/m1./s1. The van der Waals surface area contributed by atoms with Gasteiger partial charge in [-0.05, 0) is 37.8 Å². The fourth-order valence-corrected chi connectivity index (χ4v) is 5.81. The third-order valence-electron chi connectivity index (χ3n) is 5.19. The SMILES string of the molecule is O=C(O)C(F)(F)F.O=C(c1ccccn1)N1CC[C@H]2[C@H]1CCN2S(=O)(=O)C1CC1. The third-order valence-corrected chi connectivity index (χ3v) is 7.61. The van der Waals surface area contributed by atoms with Gasteiger partial charge in [-0.2, -0.15) is 17.5 Å². The Morgan fingerprint density at radius 2 is 1.69 bits per heavy atom. The van der Waals surface area contributed by atoms with Crippen molar-refractivity contribution in [3.63, 3.8) is 0 Å². The normalized spacial score (nSPS) is 24.6. The van der Waals surface area contributed by atoms with Gasteiger partial charge in [0.2, 0.25) is 10.0 Å². The molecule has 3 aliphatic rings. The number of amides is 1. The number of aliphatic carboxylic acids is 1. The lowest BCUT2D eigenvalue weighted by Gasteiger charge is -2.25. The molecule has 2 aliphatic heterocycles. The van der Waals surface area contributed by atoms with Crippen LogP contribution in [-0.2, 0) is 14.8 Å². The molecule has 1 aliphatic carbocycles. The summed E-state index contributed by atoms with van der Waals surface area (Å²) < 4.78 is 58.4. The monoisotopic (exact) mass is 435 g/mol. The van der Waals surface area contributed by atoms with Crippen LogP contribution in [0.4, 0.5) is 13.2 Å². The second kappa shape index (κ2) is 7.90. The van der Waals surface area contributed by atoms with Gasteiger partial charge < -0.3 is 10.0 Å². The topological polar surface area (TPSA) is 108 Å². The highest BCUT2D eigenvalue weighted by Gasteiger charge is 2.52. The van der Waals surface area contributed by atoms with Crippen molar-refractivity contribution in [2.45, 2.75) is 49.2 Å². The molecule has 1 aromatic heterocycles. The molecule has 0 spiro atoms. The van der Waals surface area contributed by atoms with Gasteiger partial charge in [-0.25, -0.2) is 13.2 Å². The summed E-state index contributed by atoms with van der Waals surface area (Å²) in [5.41, 5.74) is 0.437. The van der Waals surface area contributed by atoms with E-state index < -0.39 is 22.2 Å². The van der Waals surface area contributed by atoms with Crippen LogP contribution in [0.1, 0.15) is 36.2 Å². The number of carboxylic acid groups (broad SMARTS) is 1. The number of carboxylic acids is 1. The van der Waals surface area contributed by atoms with Crippen molar-refractivity contribution >= 4 is 21.9 Å². The van der Waals surface area contributed by atoms with E-state index in [2.05, 4.69) is 4.98 Å². The van der Waals surface area contributed by atoms with Crippen LogP contribution in [0.15, 0.2) is 24.4 Å². The van der Waals surface area contributed by atoms with Crippen molar-refractivity contribution in [2.75, 3.05) is 13.1 Å². The first-order valence-corrected chi connectivity index (χ1v) is 10.6. The summed E-state index contributed by atoms with van der Waals surface area (Å²) in [5, 5.41) is 6.95. The Bertz CT molecular complexity index is 874. The Balaban J connectivity index is 0.000000298. The maximum atomic E-state index is 12.6. The van der Waals surface area contributed by atoms with Crippen molar-refractivity contribution in [3.05, 3.63) is 30.1 Å². The van der Waals surface area contributed by atoms with E-state index >= 15 is 0 Å². The molecular weight excluding hydrogens is 415 g/mol. The van der Waals surface area contributed by atoms with Crippen LogP contribution in [0, 0.1) is 0 Å². The molecule has 0 radical (unpaired) electrons. The van der Waals surface area contributed by atoms with E-state index in [1.165, 1.54) is 0 Å². The third kappa shape index (κ3) is 4.53. The number of sulfonamides is 1. The summed E-state index contributed by atoms with van der Waals surface area (Å²) in [6.07, 6.45) is -0.441. The zero-order valence-corrected chi connectivity index (χ0v) is 16.1. The van der Waals surface area contributed by atoms with Crippen LogP contribution in [-0.4, -0.2) is 76.2 Å². The van der Waals surface area contributed by atoms with E-state index in [0.29, 0.717) is 18.8 Å². The van der Waals surface area contributed by atoms with E-state index in [9.17, 15) is 26.4 Å². The lowest BCUT2D eigenvalue weighted by Crippen LogP contribution is -2.42. The number of alkyl halides is 3. The number of fused-ring (bicyclic) bond motifs is 1. The van der Waals surface area contributed by atoms with Crippen molar-refractivity contribution in [3.8, 4) is 0 Å². The fraction of sp³-hybridized carbons (Fsp3) is 0.588. The molecule has 1 N–H and O–H groups in total. The molecule has 0 aromatic carbocycles. The molecule has 160 valence electrons. The number of pyridine rings is 1. The summed E-state index contributed by atoms with van der Waals surface area (Å²) in [6, 6.07) is 5.25. The summed E-state index contributed by atoms with van der Waals surface area (Å²) in [7, 11) is -3.15. The van der Waals surface area contributed by atoms with E-state index in [0.717, 1.165) is 25.7 Å². The van der Waals surface area contributed by atoms with Crippen LogP contribution in [0.2, 0.25) is 0 Å². The first kappa shape index (κ1) is 21.5. The average Bonchev–Trinajstić information content (AvgIpc) is 3.32. The summed E-state index contributed by atoms with van der Waals surface area (Å²) in [6.45, 7) is 1.15. The van der Waals surface area contributed by atoms with Gasteiger partial charge in [0.15, 0.2) is 0 Å². The van der Waals surface area contributed by atoms with Gasteiger partial charge in [-0.1, -0.05) is 6.07 Å². The number of nitrogens with zero attached hydrogens (tertiary/aromatic N) is 3. The van der Waals surface area contributed by atoms with Crippen molar-refractivity contribution in [1.82, 2.24) is 14.2 Å². The molecular formula is C17H20F3N3O5S. The molecule has 12 heteroatoms. The Labute approximate surface area is 165 Å². The molecule has 1 saturated carbocycles. The maximum absolute atomic E-state index is 12.6. The van der Waals surface area contributed by atoms with Crippen LogP contribution >= 0.6 is 0 Å². The highest BCUT2D eigenvalue weighted by atomic mass is 32.2. The molecule has 0 unspecified atom stereocenters. The summed E-state index contributed by atoms with van der Waals surface area (Å²) >= 11 is 0. The number of hydrogen-bond donors (Lipinski definition) is 1. The number of rotatable bonds is 3. The van der Waals surface area contributed by atoms with Crippen LogP contribution in [0.25, 0.3) is 0 Å². The summed E-state index contributed by atoms with van der Waals surface area (Å²) in [5.74, 6) is -2.84. The largest absolute Gasteiger partial charge is 0.490 e. The number of carbonyl (C=O) groups is 2. The molecule has 29 heavy (non-hydrogen) atoms. The zero-order chi connectivity index (χ0) is 21.4. The maximum Gasteiger partial charge on any atom is 0.490 e. The number of aromatic nitrogens is 1. The van der Waals surface area contributed by atoms with Crippen LogP contribution < -0.4 is 0 Å². The smallest absolute Gasteiger partial charge is 0.475 e. The van der Waals surface area contributed by atoms with Gasteiger partial charge in [0.25, 0.3) is 5.91 Å². The summed E-state index contributed by atoms with van der Waals surface area (Å²) in [4.78, 5) is 27.4. The number of hydrogen-bond acceptors (Lipinski definition) is 5. The lowest BCUT2D eigenvalue weighted by molar-refractivity contribution is -0.192. The minimum Gasteiger partial charge on any atom is -0.475 e. The van der Waals surface area contributed by atoms with Crippen LogP contribution in [0.3, 0.4) is 0 Å². The number of likely N-dealkylation sites (tertiary alicyclic amines) is 1. The van der Waals surface area contributed by atoms with E-state index in [-0.39, 0.29) is 23.2 Å². The highest BCUT2D eigenvalue weighted by molar-refractivity contribution is 7.90. The molecule has 3 fully saturated rings. The first-order chi connectivity index (χ1) is 13.5. The molecule has 3 heterocycles. The van der Waals surface area contributed by atoms with Crippen LogP contribution in [0.5, 0.6) is 0 Å². The second-order valence-electron chi connectivity index (χ2n) is 7.08. The van der Waals surface area contributed by atoms with Gasteiger partial charge in [0.1, 0.15) is 5.69 Å². The molecule has 0 bridgehead atoms. The second-order valence-corrected chi connectivity index (χ2v) is 9.25. The zero-order valence-electron chi connectivity index (χ0n) is 15.2. The Morgan fingerprint density at radius 3 is 2.21 bits per heavy atom. The van der Waals surface area contributed by atoms with Gasteiger partial charge in [0, 0.05) is 25.3 Å². The molecule has 2 atom stereocenters. The average molecular weight is 435 g/mol. The van der Waals surface area contributed by atoms with Gasteiger partial charge in [-0.15, -0.1) is 0 Å². The van der Waals surface area contributed by atoms with Crippen molar-refractivity contribution in [1.29, 1.82) is 0 Å². The lowest BCUT2D eigenvalue weighted by atomic mass is 10.1.